The maximum absolute atomic E-state index is 6.04. The average Bonchev–Trinajstić information content (AvgIpc) is 3.17. The molecule has 0 spiro atoms. The molecule has 1 aliphatic heterocycles. The molecule has 27 heavy (non-hydrogen) atoms. The number of methoxy groups -OCH3 is 1. The molecule has 0 saturated heterocycles. The van der Waals surface area contributed by atoms with Crippen molar-refractivity contribution in [2.45, 2.75) is 25.4 Å². The number of halogens is 1. The van der Waals surface area contributed by atoms with Crippen LogP contribution in [0.15, 0.2) is 48.8 Å². The molecule has 4 rings (SSSR count). The lowest BCUT2D eigenvalue weighted by Gasteiger charge is -2.32. The Bertz CT molecular complexity index is 926. The quantitative estimate of drug-likeness (QED) is 0.702. The average molecular weight is 385 g/mol. The fourth-order valence-electron chi connectivity index (χ4n) is 3.48. The normalized spacial score (nSPS) is 18.5. The summed E-state index contributed by atoms with van der Waals surface area (Å²) < 4.78 is 13.1. The standard InChI is InChI=1S/C20H21ClN4O2/c1-3-27-18-9-6-14(10-19(18)26-2)17-11-16(13-4-7-15(21)8-5-13)24-20-22-12-23-25(17)20/h4-10,12,16-17H,3,11H2,1-2H3,(H,22,23,24)/t16-,17+/m1/s1. The van der Waals surface area contributed by atoms with Gasteiger partial charge in [0.05, 0.1) is 25.8 Å². The van der Waals surface area contributed by atoms with Crippen molar-refractivity contribution >= 4 is 17.5 Å². The number of rotatable bonds is 5. The lowest BCUT2D eigenvalue weighted by atomic mass is 9.93. The molecule has 0 aliphatic carbocycles. The van der Waals surface area contributed by atoms with Crippen LogP contribution in [0.3, 0.4) is 0 Å². The van der Waals surface area contributed by atoms with Crippen LogP contribution < -0.4 is 14.8 Å². The second-order valence-corrected chi connectivity index (χ2v) is 6.81. The summed E-state index contributed by atoms with van der Waals surface area (Å²) in [6.07, 6.45) is 2.40. The van der Waals surface area contributed by atoms with E-state index >= 15 is 0 Å². The van der Waals surface area contributed by atoms with Crippen LogP contribution in [0, 0.1) is 0 Å². The van der Waals surface area contributed by atoms with E-state index in [0.717, 1.165) is 40.0 Å². The first kappa shape index (κ1) is 17.7. The summed E-state index contributed by atoms with van der Waals surface area (Å²) in [5, 5.41) is 8.61. The number of ether oxygens (including phenoxy) is 2. The highest BCUT2D eigenvalue weighted by atomic mass is 35.5. The Morgan fingerprint density at radius 3 is 2.67 bits per heavy atom. The van der Waals surface area contributed by atoms with Gasteiger partial charge in [-0.25, -0.2) is 4.68 Å². The van der Waals surface area contributed by atoms with Crippen LogP contribution in [0.4, 0.5) is 5.95 Å². The first-order valence-corrected chi connectivity index (χ1v) is 9.29. The molecule has 0 bridgehead atoms. The number of nitrogens with zero attached hydrogens (tertiary/aromatic N) is 3. The fourth-order valence-corrected chi connectivity index (χ4v) is 3.60. The molecular formula is C20H21ClN4O2. The van der Waals surface area contributed by atoms with Gasteiger partial charge < -0.3 is 14.8 Å². The van der Waals surface area contributed by atoms with Crippen molar-refractivity contribution in [1.29, 1.82) is 0 Å². The molecule has 0 saturated carbocycles. The first-order chi connectivity index (χ1) is 13.2. The lowest BCUT2D eigenvalue weighted by Crippen LogP contribution is -2.28. The van der Waals surface area contributed by atoms with Crippen molar-refractivity contribution < 1.29 is 9.47 Å². The van der Waals surface area contributed by atoms with Crippen molar-refractivity contribution in [2.75, 3.05) is 19.0 Å². The van der Waals surface area contributed by atoms with E-state index in [2.05, 4.69) is 21.5 Å². The molecule has 0 radical (unpaired) electrons. The molecule has 1 aliphatic rings. The second-order valence-electron chi connectivity index (χ2n) is 6.37. The van der Waals surface area contributed by atoms with Gasteiger partial charge >= 0.3 is 0 Å². The van der Waals surface area contributed by atoms with E-state index in [1.54, 1.807) is 13.4 Å². The maximum Gasteiger partial charge on any atom is 0.222 e. The topological polar surface area (TPSA) is 61.2 Å². The van der Waals surface area contributed by atoms with Gasteiger partial charge in [0.25, 0.3) is 0 Å². The van der Waals surface area contributed by atoms with E-state index in [-0.39, 0.29) is 12.1 Å². The molecule has 7 heteroatoms. The largest absolute Gasteiger partial charge is 0.493 e. The van der Waals surface area contributed by atoms with E-state index in [0.29, 0.717) is 6.61 Å². The molecule has 1 aromatic heterocycles. The summed E-state index contributed by atoms with van der Waals surface area (Å²) in [6.45, 7) is 2.55. The van der Waals surface area contributed by atoms with Crippen LogP contribution in [0.5, 0.6) is 11.5 Å². The van der Waals surface area contributed by atoms with E-state index in [1.807, 2.05) is 48.0 Å². The van der Waals surface area contributed by atoms with Crippen molar-refractivity contribution in [3.8, 4) is 11.5 Å². The molecule has 2 atom stereocenters. The fraction of sp³-hybridized carbons (Fsp3) is 0.300. The van der Waals surface area contributed by atoms with E-state index in [4.69, 9.17) is 21.1 Å². The van der Waals surface area contributed by atoms with Crippen LogP contribution in [0.2, 0.25) is 5.02 Å². The Kier molecular flexibility index (Phi) is 4.90. The third-order valence-corrected chi connectivity index (χ3v) is 5.03. The van der Waals surface area contributed by atoms with E-state index in [9.17, 15) is 0 Å². The number of hydrogen-bond acceptors (Lipinski definition) is 5. The van der Waals surface area contributed by atoms with Crippen molar-refractivity contribution in [2.24, 2.45) is 0 Å². The number of aromatic nitrogens is 3. The summed E-state index contributed by atoms with van der Waals surface area (Å²) in [5.74, 6) is 2.21. The van der Waals surface area contributed by atoms with Gasteiger partial charge in [0, 0.05) is 5.02 Å². The predicted molar refractivity (Wildman–Crippen MR) is 105 cm³/mol. The molecule has 6 nitrogen and oxygen atoms in total. The van der Waals surface area contributed by atoms with Crippen LogP contribution in [0.1, 0.15) is 36.6 Å². The molecular weight excluding hydrogens is 364 g/mol. The highest BCUT2D eigenvalue weighted by molar-refractivity contribution is 6.30. The van der Waals surface area contributed by atoms with Crippen molar-refractivity contribution in [3.05, 3.63) is 64.9 Å². The minimum atomic E-state index is 0.0361. The molecule has 1 N–H and O–H groups in total. The summed E-state index contributed by atoms with van der Waals surface area (Å²) >= 11 is 6.04. The third-order valence-electron chi connectivity index (χ3n) is 4.78. The number of anilines is 1. The molecule has 0 amide bonds. The van der Waals surface area contributed by atoms with E-state index in [1.165, 1.54) is 0 Å². The maximum atomic E-state index is 6.04. The zero-order chi connectivity index (χ0) is 18.8. The van der Waals surface area contributed by atoms with Gasteiger partial charge in [0.1, 0.15) is 6.33 Å². The van der Waals surface area contributed by atoms with Crippen LogP contribution in [0.25, 0.3) is 0 Å². The zero-order valence-corrected chi connectivity index (χ0v) is 16.0. The van der Waals surface area contributed by atoms with Crippen molar-refractivity contribution in [3.63, 3.8) is 0 Å². The summed E-state index contributed by atoms with van der Waals surface area (Å²) in [5.41, 5.74) is 2.26. The van der Waals surface area contributed by atoms with Gasteiger partial charge in [0.15, 0.2) is 11.5 Å². The van der Waals surface area contributed by atoms with Crippen LogP contribution in [-0.2, 0) is 0 Å². The number of benzene rings is 2. The molecule has 0 unspecified atom stereocenters. The van der Waals surface area contributed by atoms with Crippen molar-refractivity contribution in [1.82, 2.24) is 14.8 Å². The molecule has 140 valence electrons. The predicted octanol–water partition coefficient (Wildman–Crippen LogP) is 4.49. The smallest absolute Gasteiger partial charge is 0.222 e. The Hall–Kier alpha value is -2.73. The SMILES string of the molecule is CCOc1ccc([C@@H]2C[C@H](c3ccc(Cl)cc3)Nc3ncnn32)cc1OC. The van der Waals surface area contributed by atoms with Gasteiger partial charge in [-0.1, -0.05) is 29.8 Å². The Morgan fingerprint density at radius 1 is 1.15 bits per heavy atom. The number of nitrogens with one attached hydrogen (secondary N) is 1. The molecule has 3 aromatic rings. The van der Waals surface area contributed by atoms with Gasteiger partial charge in [-0.15, -0.1) is 0 Å². The Labute approximate surface area is 163 Å². The first-order valence-electron chi connectivity index (χ1n) is 8.91. The molecule has 0 fully saturated rings. The van der Waals surface area contributed by atoms with Gasteiger partial charge in [-0.2, -0.15) is 10.1 Å². The van der Waals surface area contributed by atoms with E-state index < -0.39 is 0 Å². The van der Waals surface area contributed by atoms with Gasteiger partial charge in [-0.05, 0) is 48.7 Å². The highest BCUT2D eigenvalue weighted by Gasteiger charge is 2.30. The Morgan fingerprint density at radius 2 is 1.93 bits per heavy atom. The minimum Gasteiger partial charge on any atom is -0.493 e. The summed E-state index contributed by atoms with van der Waals surface area (Å²) in [7, 11) is 1.65. The minimum absolute atomic E-state index is 0.0361. The number of fused-ring (bicyclic) bond motifs is 1. The van der Waals surface area contributed by atoms with Gasteiger partial charge in [0.2, 0.25) is 5.95 Å². The molecule has 2 aromatic carbocycles. The number of hydrogen-bond donors (Lipinski definition) is 1. The highest BCUT2D eigenvalue weighted by Crippen LogP contribution is 2.40. The molecule has 2 heterocycles. The summed E-state index contributed by atoms with van der Waals surface area (Å²) in [6, 6.07) is 14.1. The summed E-state index contributed by atoms with van der Waals surface area (Å²) in [4.78, 5) is 4.37. The van der Waals surface area contributed by atoms with Gasteiger partial charge in [-0.3, -0.25) is 0 Å². The Balaban J connectivity index is 1.70. The van der Waals surface area contributed by atoms with Crippen LogP contribution >= 0.6 is 11.6 Å². The second kappa shape index (κ2) is 7.48. The van der Waals surface area contributed by atoms with Crippen LogP contribution in [-0.4, -0.2) is 28.5 Å². The lowest BCUT2D eigenvalue weighted by molar-refractivity contribution is 0.310. The third kappa shape index (κ3) is 3.45. The zero-order valence-electron chi connectivity index (χ0n) is 15.2. The monoisotopic (exact) mass is 384 g/mol.